The van der Waals surface area contributed by atoms with Crippen LogP contribution in [-0.4, -0.2) is 18.5 Å². The van der Waals surface area contributed by atoms with Crippen molar-refractivity contribution in [3.63, 3.8) is 0 Å². The van der Waals surface area contributed by atoms with E-state index in [1.807, 2.05) is 13.0 Å². The Morgan fingerprint density at radius 2 is 2.33 bits per heavy atom. The Morgan fingerprint density at radius 3 is 2.78 bits per heavy atom. The van der Waals surface area contributed by atoms with Gasteiger partial charge in [-0.15, -0.1) is 11.6 Å². The minimum Gasteiger partial charge on any atom is -0.312 e. The molecule has 0 aliphatic carbocycles. The van der Waals surface area contributed by atoms with Gasteiger partial charge in [-0.25, -0.2) is 0 Å². The zero-order chi connectivity index (χ0) is 7.11. The van der Waals surface area contributed by atoms with Crippen LogP contribution in [0.15, 0.2) is 11.6 Å². The number of rotatable bonds is 4. The fourth-order valence-electron chi connectivity index (χ4n) is 0.410. The number of hydrogen-bond acceptors (Lipinski definition) is 1. The highest BCUT2D eigenvalue weighted by atomic mass is 35.5. The van der Waals surface area contributed by atoms with Crippen molar-refractivity contribution in [1.82, 2.24) is 5.32 Å². The van der Waals surface area contributed by atoms with Crippen molar-refractivity contribution in [2.75, 3.05) is 13.1 Å². The summed E-state index contributed by atoms with van der Waals surface area (Å²) in [6.45, 7) is 3.56. The first-order valence-electron chi connectivity index (χ1n) is 2.87. The lowest BCUT2D eigenvalue weighted by Crippen LogP contribution is -2.20. The quantitative estimate of drug-likeness (QED) is 0.499. The molecule has 1 atom stereocenters. The second kappa shape index (κ2) is 6.40. The molecule has 54 valence electrons. The van der Waals surface area contributed by atoms with E-state index in [9.17, 15) is 0 Å². The topological polar surface area (TPSA) is 12.0 Å². The van der Waals surface area contributed by atoms with Crippen LogP contribution < -0.4 is 5.32 Å². The maximum Gasteiger partial charge on any atom is 0.0432 e. The molecule has 0 fully saturated rings. The van der Waals surface area contributed by atoms with E-state index in [1.165, 1.54) is 5.54 Å². The van der Waals surface area contributed by atoms with Gasteiger partial charge in [-0.3, -0.25) is 0 Å². The summed E-state index contributed by atoms with van der Waals surface area (Å²) in [6, 6.07) is 0. The molecule has 0 aliphatic rings. The fourth-order valence-corrected chi connectivity index (χ4v) is 0.608. The van der Waals surface area contributed by atoms with E-state index < -0.39 is 0 Å². The first-order valence-corrected chi connectivity index (χ1v) is 3.74. The third kappa shape index (κ3) is 8.28. The van der Waals surface area contributed by atoms with Crippen LogP contribution in [0.4, 0.5) is 0 Å². The van der Waals surface area contributed by atoms with Gasteiger partial charge in [-0.2, -0.15) is 0 Å². The zero-order valence-electron chi connectivity index (χ0n) is 5.40. The Labute approximate surface area is 66.0 Å². The number of halogens is 2. The Bertz CT molecular complexity index is 81.1. The molecule has 1 unspecified atom stereocenters. The summed E-state index contributed by atoms with van der Waals surface area (Å²) in [5, 5.41) is 3.27. The molecule has 9 heavy (non-hydrogen) atoms. The van der Waals surface area contributed by atoms with Crippen molar-refractivity contribution >= 4 is 23.2 Å². The van der Waals surface area contributed by atoms with Gasteiger partial charge in [0.15, 0.2) is 0 Å². The van der Waals surface area contributed by atoms with Crippen molar-refractivity contribution in [3.8, 4) is 0 Å². The minimum atomic E-state index is 0.189. The lowest BCUT2D eigenvalue weighted by atomic mass is 10.4. The first-order chi connectivity index (χ1) is 4.27. The molecule has 3 heteroatoms. The van der Waals surface area contributed by atoms with Crippen LogP contribution in [0.2, 0.25) is 0 Å². The van der Waals surface area contributed by atoms with E-state index in [-0.39, 0.29) is 5.38 Å². The third-order valence-corrected chi connectivity index (χ3v) is 1.11. The SMILES string of the molecule is CC(Cl)CNC/C=C/Cl. The molecule has 1 nitrogen and oxygen atoms in total. The van der Waals surface area contributed by atoms with Gasteiger partial charge < -0.3 is 5.32 Å². The molecule has 0 heterocycles. The molecule has 1 N–H and O–H groups in total. The van der Waals surface area contributed by atoms with Gasteiger partial charge in [0, 0.05) is 24.0 Å². The van der Waals surface area contributed by atoms with Gasteiger partial charge >= 0.3 is 0 Å². The summed E-state index contributed by atoms with van der Waals surface area (Å²) >= 11 is 10.9. The van der Waals surface area contributed by atoms with Gasteiger partial charge in [0.25, 0.3) is 0 Å². The first kappa shape index (κ1) is 9.28. The van der Waals surface area contributed by atoms with Crippen molar-refractivity contribution < 1.29 is 0 Å². The van der Waals surface area contributed by atoms with Crippen LogP contribution in [0.5, 0.6) is 0 Å². The highest BCUT2D eigenvalue weighted by Gasteiger charge is 1.90. The monoisotopic (exact) mass is 167 g/mol. The summed E-state index contributed by atoms with van der Waals surface area (Å²) in [5.41, 5.74) is 1.49. The molecular formula is C6H11Cl2N. The maximum absolute atomic E-state index is 5.64. The molecule has 0 bridgehead atoms. The van der Waals surface area contributed by atoms with Crippen LogP contribution in [0, 0.1) is 0 Å². The summed E-state index contributed by atoms with van der Waals surface area (Å²) in [5.74, 6) is 0. The number of nitrogens with one attached hydrogen (secondary N) is 1. The highest BCUT2D eigenvalue weighted by molar-refractivity contribution is 6.25. The molecule has 0 rings (SSSR count). The van der Waals surface area contributed by atoms with Gasteiger partial charge in [0.05, 0.1) is 0 Å². The number of alkyl halides is 1. The van der Waals surface area contributed by atoms with E-state index in [0.717, 1.165) is 13.1 Å². The summed E-state index contributed by atoms with van der Waals surface area (Å²) < 4.78 is 0. The zero-order valence-corrected chi connectivity index (χ0v) is 6.91. The van der Waals surface area contributed by atoms with Crippen molar-refractivity contribution in [3.05, 3.63) is 11.6 Å². The highest BCUT2D eigenvalue weighted by Crippen LogP contribution is 1.88. The standard InChI is InChI=1S/C6H11Cl2N/c1-6(8)5-9-4-2-3-7/h2-3,6,9H,4-5H2,1H3/b3-2+. The van der Waals surface area contributed by atoms with Crippen LogP contribution in [0.1, 0.15) is 6.92 Å². The molecule has 0 amide bonds. The second-order valence-electron chi connectivity index (χ2n) is 1.80. The van der Waals surface area contributed by atoms with Crippen molar-refractivity contribution in [2.45, 2.75) is 12.3 Å². The Balaban J connectivity index is 2.91. The maximum atomic E-state index is 5.64. The van der Waals surface area contributed by atoms with E-state index in [4.69, 9.17) is 23.2 Å². The summed E-state index contributed by atoms with van der Waals surface area (Å²) in [7, 11) is 0. The van der Waals surface area contributed by atoms with Crippen molar-refractivity contribution in [1.29, 1.82) is 0 Å². The van der Waals surface area contributed by atoms with E-state index >= 15 is 0 Å². The molecule has 0 aliphatic heterocycles. The molecular weight excluding hydrogens is 157 g/mol. The van der Waals surface area contributed by atoms with Crippen LogP contribution in [-0.2, 0) is 0 Å². The Kier molecular flexibility index (Phi) is 6.60. The van der Waals surface area contributed by atoms with E-state index in [0.29, 0.717) is 0 Å². The smallest absolute Gasteiger partial charge is 0.0432 e. The largest absolute Gasteiger partial charge is 0.312 e. The molecule has 0 saturated heterocycles. The average Bonchev–Trinajstić information content (AvgIpc) is 1.80. The predicted molar refractivity (Wildman–Crippen MR) is 43.2 cm³/mol. The van der Waals surface area contributed by atoms with Crippen LogP contribution >= 0.6 is 23.2 Å². The van der Waals surface area contributed by atoms with Gasteiger partial charge in [0.2, 0.25) is 0 Å². The number of hydrogen-bond donors (Lipinski definition) is 1. The van der Waals surface area contributed by atoms with E-state index in [2.05, 4.69) is 5.32 Å². The van der Waals surface area contributed by atoms with E-state index in [1.54, 1.807) is 0 Å². The summed E-state index contributed by atoms with van der Waals surface area (Å²) in [4.78, 5) is 0. The minimum absolute atomic E-state index is 0.189. The van der Waals surface area contributed by atoms with Gasteiger partial charge in [0.1, 0.15) is 0 Å². The third-order valence-electron chi connectivity index (χ3n) is 0.777. The molecule has 0 aromatic carbocycles. The molecule has 0 radical (unpaired) electrons. The van der Waals surface area contributed by atoms with Gasteiger partial charge in [-0.1, -0.05) is 17.7 Å². The lowest BCUT2D eigenvalue weighted by Gasteiger charge is -2.00. The molecule has 0 saturated carbocycles. The second-order valence-corrected chi connectivity index (χ2v) is 2.80. The predicted octanol–water partition coefficient (Wildman–Crippen LogP) is 1.96. The molecule has 0 aromatic rings. The van der Waals surface area contributed by atoms with Crippen molar-refractivity contribution in [2.24, 2.45) is 0 Å². The molecule has 0 aromatic heterocycles. The Morgan fingerprint density at radius 1 is 1.67 bits per heavy atom. The normalized spacial score (nSPS) is 14.6. The summed E-state index contributed by atoms with van der Waals surface area (Å²) in [6.07, 6.45) is 1.83. The van der Waals surface area contributed by atoms with Gasteiger partial charge in [-0.05, 0) is 6.92 Å². The molecule has 0 spiro atoms. The van der Waals surface area contributed by atoms with Crippen LogP contribution in [0.3, 0.4) is 0 Å². The van der Waals surface area contributed by atoms with Crippen LogP contribution in [0.25, 0.3) is 0 Å². The fraction of sp³-hybridized carbons (Fsp3) is 0.667. The average molecular weight is 168 g/mol. The Hall–Kier alpha value is 0.280. The lowest BCUT2D eigenvalue weighted by molar-refractivity contribution is 0.735.